The van der Waals surface area contributed by atoms with Gasteiger partial charge >= 0.3 is 0 Å². The molecule has 0 bridgehead atoms. The highest BCUT2D eigenvalue weighted by molar-refractivity contribution is 5.42. The van der Waals surface area contributed by atoms with Crippen molar-refractivity contribution in [1.82, 2.24) is 15.0 Å². The number of pyridine rings is 1. The first-order valence-electron chi connectivity index (χ1n) is 6.54. The predicted molar refractivity (Wildman–Crippen MR) is 77.2 cm³/mol. The molecule has 0 aliphatic carbocycles. The molecule has 0 unspecified atom stereocenters. The second-order valence-corrected chi connectivity index (χ2v) is 4.13. The van der Waals surface area contributed by atoms with Crippen molar-refractivity contribution >= 4 is 11.8 Å². The van der Waals surface area contributed by atoms with Crippen LogP contribution in [0.4, 0.5) is 11.8 Å². The van der Waals surface area contributed by atoms with Crippen LogP contribution in [0.1, 0.15) is 19.4 Å². The monoisotopic (exact) mass is 257 g/mol. The van der Waals surface area contributed by atoms with E-state index in [1.165, 1.54) is 0 Å². The highest BCUT2D eigenvalue weighted by Crippen LogP contribution is 2.12. The predicted octanol–water partition coefficient (Wildman–Crippen LogP) is 2.33. The van der Waals surface area contributed by atoms with Crippen molar-refractivity contribution in [2.24, 2.45) is 0 Å². The summed E-state index contributed by atoms with van der Waals surface area (Å²) in [6.07, 6.45) is 5.38. The van der Waals surface area contributed by atoms with E-state index in [9.17, 15) is 0 Å². The lowest BCUT2D eigenvalue weighted by Gasteiger charge is -2.19. The van der Waals surface area contributed by atoms with E-state index in [0.717, 1.165) is 24.5 Å². The number of anilines is 2. The molecular weight excluding hydrogens is 238 g/mol. The van der Waals surface area contributed by atoms with Gasteiger partial charge in [0.25, 0.3) is 0 Å². The highest BCUT2D eigenvalue weighted by Gasteiger charge is 2.04. The first-order chi connectivity index (χ1) is 9.33. The summed E-state index contributed by atoms with van der Waals surface area (Å²) in [5.74, 6) is 1.60. The van der Waals surface area contributed by atoms with Gasteiger partial charge in [-0.05, 0) is 31.5 Å². The van der Waals surface area contributed by atoms with Gasteiger partial charge in [0.1, 0.15) is 5.82 Å². The Bertz CT molecular complexity index is 496. The molecule has 0 saturated heterocycles. The van der Waals surface area contributed by atoms with Crippen LogP contribution in [0.5, 0.6) is 0 Å². The molecule has 100 valence electrons. The lowest BCUT2D eigenvalue weighted by atomic mass is 10.3. The molecule has 0 saturated carbocycles. The number of rotatable bonds is 6. The van der Waals surface area contributed by atoms with Crippen molar-refractivity contribution in [1.29, 1.82) is 0 Å². The zero-order valence-electron chi connectivity index (χ0n) is 11.4. The average Bonchev–Trinajstić information content (AvgIpc) is 2.48. The smallest absolute Gasteiger partial charge is 0.224 e. The molecule has 0 atom stereocenters. The molecule has 0 aliphatic rings. The Morgan fingerprint density at radius 3 is 2.68 bits per heavy atom. The normalized spacial score (nSPS) is 10.2. The molecule has 5 nitrogen and oxygen atoms in total. The van der Waals surface area contributed by atoms with Crippen molar-refractivity contribution in [2.75, 3.05) is 23.3 Å². The number of aromatic nitrogens is 3. The van der Waals surface area contributed by atoms with Gasteiger partial charge in [-0.1, -0.05) is 6.07 Å². The van der Waals surface area contributed by atoms with Gasteiger partial charge in [0.15, 0.2) is 0 Å². The zero-order valence-corrected chi connectivity index (χ0v) is 11.4. The van der Waals surface area contributed by atoms with Crippen LogP contribution in [0.2, 0.25) is 0 Å². The summed E-state index contributed by atoms with van der Waals surface area (Å²) in [6.45, 7) is 6.79. The first-order valence-corrected chi connectivity index (χ1v) is 6.54. The standard InChI is InChI=1S/C14H19N5/c1-3-19(4-2)13-7-9-16-14(18-13)17-11-12-6-5-8-15-10-12/h5-10H,3-4,11H2,1-2H3,(H,16,17,18). The van der Waals surface area contributed by atoms with E-state index in [1.54, 1.807) is 12.4 Å². The van der Waals surface area contributed by atoms with Crippen molar-refractivity contribution in [3.8, 4) is 0 Å². The maximum absolute atomic E-state index is 4.51. The maximum atomic E-state index is 4.51. The van der Waals surface area contributed by atoms with Crippen LogP contribution in [-0.4, -0.2) is 28.0 Å². The van der Waals surface area contributed by atoms with E-state index in [2.05, 4.69) is 39.0 Å². The highest BCUT2D eigenvalue weighted by atomic mass is 15.2. The molecule has 2 heterocycles. The summed E-state index contributed by atoms with van der Waals surface area (Å²) in [6, 6.07) is 5.88. The molecule has 19 heavy (non-hydrogen) atoms. The average molecular weight is 257 g/mol. The Balaban J connectivity index is 2.03. The minimum atomic E-state index is 0.647. The van der Waals surface area contributed by atoms with Crippen LogP contribution in [0.25, 0.3) is 0 Å². The van der Waals surface area contributed by atoms with Crippen LogP contribution in [0.3, 0.4) is 0 Å². The second-order valence-electron chi connectivity index (χ2n) is 4.13. The molecule has 2 aromatic heterocycles. The van der Waals surface area contributed by atoms with Gasteiger partial charge in [0.05, 0.1) is 0 Å². The molecular formula is C14H19N5. The maximum Gasteiger partial charge on any atom is 0.224 e. The van der Waals surface area contributed by atoms with Gasteiger partial charge in [0.2, 0.25) is 5.95 Å². The SMILES string of the molecule is CCN(CC)c1ccnc(NCc2cccnc2)n1. The molecule has 2 rings (SSSR count). The second kappa shape index (κ2) is 6.68. The summed E-state index contributed by atoms with van der Waals surface area (Å²) in [5.41, 5.74) is 1.11. The van der Waals surface area contributed by atoms with Crippen LogP contribution in [0, 0.1) is 0 Å². The summed E-state index contributed by atoms with van der Waals surface area (Å²) in [4.78, 5) is 15.0. The fourth-order valence-corrected chi connectivity index (χ4v) is 1.84. The van der Waals surface area contributed by atoms with E-state index in [0.29, 0.717) is 12.5 Å². The van der Waals surface area contributed by atoms with E-state index >= 15 is 0 Å². The molecule has 0 aromatic carbocycles. The number of hydrogen-bond acceptors (Lipinski definition) is 5. The summed E-state index contributed by atoms with van der Waals surface area (Å²) < 4.78 is 0. The van der Waals surface area contributed by atoms with Crippen molar-refractivity contribution in [2.45, 2.75) is 20.4 Å². The van der Waals surface area contributed by atoms with Crippen LogP contribution in [-0.2, 0) is 6.54 Å². The molecule has 0 radical (unpaired) electrons. The van der Waals surface area contributed by atoms with E-state index in [4.69, 9.17) is 0 Å². The summed E-state index contributed by atoms with van der Waals surface area (Å²) in [7, 11) is 0. The number of hydrogen-bond donors (Lipinski definition) is 1. The zero-order chi connectivity index (χ0) is 13.5. The van der Waals surface area contributed by atoms with Crippen molar-refractivity contribution in [3.05, 3.63) is 42.4 Å². The van der Waals surface area contributed by atoms with E-state index in [-0.39, 0.29) is 0 Å². The fraction of sp³-hybridized carbons (Fsp3) is 0.357. The lowest BCUT2D eigenvalue weighted by molar-refractivity contribution is 0.841. The largest absolute Gasteiger partial charge is 0.357 e. The van der Waals surface area contributed by atoms with Gasteiger partial charge in [-0.2, -0.15) is 4.98 Å². The Hall–Kier alpha value is -2.17. The molecule has 0 aliphatic heterocycles. The van der Waals surface area contributed by atoms with Gasteiger partial charge < -0.3 is 10.2 Å². The molecule has 0 amide bonds. The molecule has 0 spiro atoms. The van der Waals surface area contributed by atoms with Crippen LogP contribution < -0.4 is 10.2 Å². The van der Waals surface area contributed by atoms with Crippen LogP contribution in [0.15, 0.2) is 36.8 Å². The Morgan fingerprint density at radius 1 is 1.16 bits per heavy atom. The summed E-state index contributed by atoms with van der Waals surface area (Å²) in [5, 5.41) is 3.22. The topological polar surface area (TPSA) is 53.9 Å². The number of nitrogens with one attached hydrogen (secondary N) is 1. The third-order valence-corrected chi connectivity index (χ3v) is 2.90. The third kappa shape index (κ3) is 3.64. The van der Waals surface area contributed by atoms with E-state index < -0.39 is 0 Å². The van der Waals surface area contributed by atoms with Gasteiger partial charge in [0, 0.05) is 38.2 Å². The summed E-state index contributed by atoms with van der Waals surface area (Å²) >= 11 is 0. The number of nitrogens with zero attached hydrogens (tertiary/aromatic N) is 4. The minimum Gasteiger partial charge on any atom is -0.357 e. The fourth-order valence-electron chi connectivity index (χ4n) is 1.84. The Morgan fingerprint density at radius 2 is 2.00 bits per heavy atom. The quantitative estimate of drug-likeness (QED) is 0.860. The molecule has 2 aromatic rings. The van der Waals surface area contributed by atoms with E-state index in [1.807, 2.05) is 24.4 Å². The Kier molecular flexibility index (Phi) is 4.66. The van der Waals surface area contributed by atoms with Gasteiger partial charge in [-0.25, -0.2) is 4.98 Å². The first kappa shape index (κ1) is 13.3. The molecule has 0 fully saturated rings. The Labute approximate surface area is 113 Å². The van der Waals surface area contributed by atoms with Crippen molar-refractivity contribution in [3.63, 3.8) is 0 Å². The molecule has 5 heteroatoms. The van der Waals surface area contributed by atoms with Crippen LogP contribution >= 0.6 is 0 Å². The third-order valence-electron chi connectivity index (χ3n) is 2.90. The van der Waals surface area contributed by atoms with Gasteiger partial charge in [-0.3, -0.25) is 4.98 Å². The minimum absolute atomic E-state index is 0.647. The van der Waals surface area contributed by atoms with Crippen molar-refractivity contribution < 1.29 is 0 Å². The molecule has 1 N–H and O–H groups in total. The lowest BCUT2D eigenvalue weighted by Crippen LogP contribution is -2.23. The van der Waals surface area contributed by atoms with Gasteiger partial charge in [-0.15, -0.1) is 0 Å².